The molecule has 34 heavy (non-hydrogen) atoms. The lowest BCUT2D eigenvalue weighted by Crippen LogP contribution is -2.20. The lowest BCUT2D eigenvalue weighted by atomic mass is 10.2. The topological polar surface area (TPSA) is 81.4 Å². The highest BCUT2D eigenvalue weighted by molar-refractivity contribution is 7.99. The monoisotopic (exact) mass is 471 g/mol. The second-order valence-electron chi connectivity index (χ2n) is 7.70. The third-order valence-electron chi connectivity index (χ3n) is 5.09. The number of nitrogens with one attached hydrogen (secondary N) is 1. The molecule has 4 rings (SSSR count). The summed E-state index contributed by atoms with van der Waals surface area (Å²) in [6.45, 7) is 4.06. The molecular weight excluding hydrogens is 446 g/mol. The SMILES string of the molecule is COc1ccc(-c2nnc(SCC(=O)NN=Cc3ccc(C)cc3)n2-c2ccc(C)cc2)cc1. The molecule has 0 spiro atoms. The van der Waals surface area contributed by atoms with Gasteiger partial charge in [0.1, 0.15) is 5.75 Å². The van der Waals surface area contributed by atoms with Crippen molar-refractivity contribution in [3.8, 4) is 22.8 Å². The van der Waals surface area contributed by atoms with Gasteiger partial charge < -0.3 is 4.74 Å². The van der Waals surface area contributed by atoms with Crippen molar-refractivity contribution in [3.63, 3.8) is 0 Å². The van der Waals surface area contributed by atoms with Gasteiger partial charge in [0.2, 0.25) is 0 Å². The summed E-state index contributed by atoms with van der Waals surface area (Å²) in [5.41, 5.74) is 7.63. The zero-order valence-electron chi connectivity index (χ0n) is 19.2. The first-order valence-corrected chi connectivity index (χ1v) is 11.7. The first-order chi connectivity index (χ1) is 16.5. The zero-order valence-corrected chi connectivity index (χ0v) is 20.0. The van der Waals surface area contributed by atoms with E-state index in [0.29, 0.717) is 11.0 Å². The number of hydrazone groups is 1. The number of carbonyl (C=O) groups is 1. The zero-order chi connectivity index (χ0) is 23.9. The number of aryl methyl sites for hydroxylation is 2. The Labute approximate surface area is 202 Å². The molecule has 0 aliphatic rings. The predicted molar refractivity (Wildman–Crippen MR) is 136 cm³/mol. The lowest BCUT2D eigenvalue weighted by Gasteiger charge is -2.11. The Morgan fingerprint density at radius 3 is 2.26 bits per heavy atom. The fraction of sp³-hybridized carbons (Fsp3) is 0.154. The minimum atomic E-state index is -0.224. The third-order valence-corrected chi connectivity index (χ3v) is 6.02. The number of carbonyl (C=O) groups excluding carboxylic acids is 1. The lowest BCUT2D eigenvalue weighted by molar-refractivity contribution is -0.118. The smallest absolute Gasteiger partial charge is 0.250 e. The number of nitrogens with zero attached hydrogens (tertiary/aromatic N) is 4. The standard InChI is InChI=1S/C26H25N5O2S/c1-18-4-8-20(9-5-18)16-27-28-24(32)17-34-26-30-29-25(21-10-14-23(33-3)15-11-21)31(26)22-12-6-19(2)7-13-22/h4-16H,17H2,1-3H3,(H,28,32). The molecule has 172 valence electrons. The summed E-state index contributed by atoms with van der Waals surface area (Å²) < 4.78 is 7.22. The Hall–Kier alpha value is -3.91. The maximum atomic E-state index is 12.4. The normalized spacial score (nSPS) is 11.0. The number of hydrogen-bond donors (Lipinski definition) is 1. The van der Waals surface area contributed by atoms with Gasteiger partial charge in [-0.05, 0) is 55.8 Å². The molecule has 0 atom stereocenters. The summed E-state index contributed by atoms with van der Waals surface area (Å²) in [5.74, 6) is 1.38. The average Bonchev–Trinajstić information content (AvgIpc) is 3.28. The van der Waals surface area contributed by atoms with Gasteiger partial charge in [-0.2, -0.15) is 5.10 Å². The van der Waals surface area contributed by atoms with Gasteiger partial charge in [0.15, 0.2) is 11.0 Å². The molecule has 1 aromatic heterocycles. The van der Waals surface area contributed by atoms with Gasteiger partial charge in [-0.1, -0.05) is 59.3 Å². The second kappa shape index (κ2) is 10.8. The van der Waals surface area contributed by atoms with Crippen LogP contribution in [0.5, 0.6) is 5.75 Å². The number of benzene rings is 3. The van der Waals surface area contributed by atoms with Gasteiger partial charge >= 0.3 is 0 Å². The molecule has 0 unspecified atom stereocenters. The number of aromatic nitrogens is 3. The highest BCUT2D eigenvalue weighted by atomic mass is 32.2. The van der Waals surface area contributed by atoms with E-state index in [1.54, 1.807) is 13.3 Å². The highest BCUT2D eigenvalue weighted by Crippen LogP contribution is 2.29. The van der Waals surface area contributed by atoms with Crippen LogP contribution in [0.1, 0.15) is 16.7 Å². The molecular formula is C26H25N5O2S. The fourth-order valence-corrected chi connectivity index (χ4v) is 3.96. The van der Waals surface area contributed by atoms with Crippen molar-refractivity contribution in [2.45, 2.75) is 19.0 Å². The molecule has 1 heterocycles. The van der Waals surface area contributed by atoms with Gasteiger partial charge in [0.05, 0.1) is 19.1 Å². The van der Waals surface area contributed by atoms with Crippen LogP contribution in [-0.4, -0.2) is 39.7 Å². The van der Waals surface area contributed by atoms with Gasteiger partial charge in [0, 0.05) is 11.3 Å². The number of ether oxygens (including phenoxy) is 1. The van der Waals surface area contributed by atoms with Crippen LogP contribution in [0.25, 0.3) is 17.1 Å². The van der Waals surface area contributed by atoms with E-state index in [-0.39, 0.29) is 11.7 Å². The molecule has 0 fully saturated rings. The van der Waals surface area contributed by atoms with Crippen LogP contribution >= 0.6 is 11.8 Å². The quantitative estimate of drug-likeness (QED) is 0.227. The van der Waals surface area contributed by atoms with Crippen LogP contribution in [0.15, 0.2) is 83.1 Å². The van der Waals surface area contributed by atoms with Crippen LogP contribution in [0.3, 0.4) is 0 Å². The van der Waals surface area contributed by atoms with Crippen molar-refractivity contribution in [1.29, 1.82) is 0 Å². The van der Waals surface area contributed by atoms with Crippen LogP contribution in [0.2, 0.25) is 0 Å². The van der Waals surface area contributed by atoms with E-state index in [2.05, 4.69) is 20.7 Å². The summed E-state index contributed by atoms with van der Waals surface area (Å²) in [4.78, 5) is 12.4. The summed E-state index contributed by atoms with van der Waals surface area (Å²) in [7, 11) is 1.63. The molecule has 0 saturated heterocycles. The van der Waals surface area contributed by atoms with E-state index in [1.807, 2.05) is 91.2 Å². The van der Waals surface area contributed by atoms with Crippen LogP contribution in [0.4, 0.5) is 0 Å². The first-order valence-electron chi connectivity index (χ1n) is 10.7. The summed E-state index contributed by atoms with van der Waals surface area (Å²) >= 11 is 1.30. The Morgan fingerprint density at radius 1 is 0.971 bits per heavy atom. The summed E-state index contributed by atoms with van der Waals surface area (Å²) in [5, 5.41) is 13.5. The van der Waals surface area contributed by atoms with Gasteiger partial charge in [-0.15, -0.1) is 10.2 Å². The maximum absolute atomic E-state index is 12.4. The van der Waals surface area contributed by atoms with E-state index in [1.165, 1.54) is 17.3 Å². The number of amides is 1. The van der Waals surface area contributed by atoms with Crippen molar-refractivity contribution < 1.29 is 9.53 Å². The van der Waals surface area contributed by atoms with Crippen LogP contribution in [-0.2, 0) is 4.79 Å². The van der Waals surface area contributed by atoms with Crippen LogP contribution < -0.4 is 10.2 Å². The predicted octanol–water partition coefficient (Wildman–Crippen LogP) is 4.80. The molecule has 7 nitrogen and oxygen atoms in total. The number of methoxy groups -OCH3 is 1. The molecule has 1 amide bonds. The minimum Gasteiger partial charge on any atom is -0.497 e. The average molecular weight is 472 g/mol. The van der Waals surface area contributed by atoms with Gasteiger partial charge in [-0.3, -0.25) is 9.36 Å². The van der Waals surface area contributed by atoms with Crippen molar-refractivity contribution in [3.05, 3.63) is 89.5 Å². The van der Waals surface area contributed by atoms with E-state index < -0.39 is 0 Å². The summed E-state index contributed by atoms with van der Waals surface area (Å²) in [6, 6.07) is 23.6. The Morgan fingerprint density at radius 2 is 1.62 bits per heavy atom. The Balaban J connectivity index is 1.51. The molecule has 0 aliphatic heterocycles. The number of hydrogen-bond acceptors (Lipinski definition) is 6. The maximum Gasteiger partial charge on any atom is 0.250 e. The highest BCUT2D eigenvalue weighted by Gasteiger charge is 2.17. The second-order valence-corrected chi connectivity index (χ2v) is 8.64. The van der Waals surface area contributed by atoms with Gasteiger partial charge in [-0.25, -0.2) is 5.43 Å². The Kier molecular flexibility index (Phi) is 7.39. The van der Waals surface area contributed by atoms with E-state index in [9.17, 15) is 4.79 Å². The van der Waals surface area contributed by atoms with Gasteiger partial charge in [0.25, 0.3) is 5.91 Å². The van der Waals surface area contributed by atoms with Crippen LogP contribution in [0, 0.1) is 13.8 Å². The largest absolute Gasteiger partial charge is 0.497 e. The number of thioether (sulfide) groups is 1. The van der Waals surface area contributed by atoms with Crippen molar-refractivity contribution in [2.24, 2.45) is 5.10 Å². The fourth-order valence-electron chi connectivity index (χ4n) is 3.21. The molecule has 4 aromatic rings. The molecule has 1 N–H and O–H groups in total. The molecule has 0 aliphatic carbocycles. The first kappa shape index (κ1) is 23.3. The van der Waals surface area contributed by atoms with Crippen molar-refractivity contribution in [1.82, 2.24) is 20.2 Å². The molecule has 8 heteroatoms. The molecule has 0 bridgehead atoms. The number of rotatable bonds is 8. The van der Waals surface area contributed by atoms with Crippen molar-refractivity contribution >= 4 is 23.9 Å². The van der Waals surface area contributed by atoms with Crippen molar-refractivity contribution in [2.75, 3.05) is 12.9 Å². The summed E-state index contributed by atoms with van der Waals surface area (Å²) in [6.07, 6.45) is 1.62. The van der Waals surface area contributed by atoms with E-state index >= 15 is 0 Å². The minimum absolute atomic E-state index is 0.151. The molecule has 0 saturated carbocycles. The third kappa shape index (κ3) is 5.71. The Bertz CT molecular complexity index is 1280. The van der Waals surface area contributed by atoms with E-state index in [0.717, 1.165) is 28.1 Å². The van der Waals surface area contributed by atoms with E-state index in [4.69, 9.17) is 4.74 Å². The molecule has 0 radical (unpaired) electrons. The molecule has 3 aromatic carbocycles.